The van der Waals surface area contributed by atoms with E-state index in [1.165, 1.54) is 11.3 Å². The minimum atomic E-state index is 0.181. The minimum absolute atomic E-state index is 0.181. The molecule has 0 radical (unpaired) electrons. The molecule has 0 saturated carbocycles. The van der Waals surface area contributed by atoms with Gasteiger partial charge in [-0.15, -0.1) is 17.9 Å². The second kappa shape index (κ2) is 8.73. The van der Waals surface area contributed by atoms with Crippen LogP contribution in [0.25, 0.3) is 0 Å². The van der Waals surface area contributed by atoms with Gasteiger partial charge in [0.25, 0.3) is 0 Å². The number of hydrogen-bond donors (Lipinski definition) is 0. The molecule has 18 heavy (non-hydrogen) atoms. The first-order valence-electron chi connectivity index (χ1n) is 5.86. The molecule has 5 heteroatoms. The number of unbranched alkanes of at least 4 members (excludes halogenated alkanes) is 1. The Bertz CT molecular complexity index is 394. The molecule has 0 atom stereocenters. The molecule has 0 fully saturated rings. The van der Waals surface area contributed by atoms with Gasteiger partial charge in [0, 0.05) is 23.2 Å². The summed E-state index contributed by atoms with van der Waals surface area (Å²) in [6.45, 7) is 4.91. The quantitative estimate of drug-likeness (QED) is 0.384. The van der Waals surface area contributed by atoms with Crippen LogP contribution in [0.3, 0.4) is 0 Å². The van der Waals surface area contributed by atoms with E-state index in [1.54, 1.807) is 6.08 Å². The van der Waals surface area contributed by atoms with Crippen molar-refractivity contribution < 1.29 is 4.79 Å². The van der Waals surface area contributed by atoms with Gasteiger partial charge in [0.2, 0.25) is 5.91 Å². The van der Waals surface area contributed by atoms with Gasteiger partial charge in [0.1, 0.15) is 0 Å². The molecule has 0 aliphatic heterocycles. The van der Waals surface area contributed by atoms with E-state index in [4.69, 9.17) is 11.6 Å². The van der Waals surface area contributed by atoms with Crippen molar-refractivity contribution in [1.82, 2.24) is 4.90 Å². The van der Waals surface area contributed by atoms with Gasteiger partial charge < -0.3 is 4.90 Å². The molecule has 2 nitrogen and oxygen atoms in total. The molecule has 1 aromatic heterocycles. The zero-order chi connectivity index (χ0) is 13.4. The van der Waals surface area contributed by atoms with E-state index in [1.807, 2.05) is 17.0 Å². The predicted octanol–water partition coefficient (Wildman–Crippen LogP) is 4.48. The highest BCUT2D eigenvalue weighted by Gasteiger charge is 2.13. The van der Waals surface area contributed by atoms with Crippen molar-refractivity contribution in [2.75, 3.05) is 11.9 Å². The average molecular weight is 351 g/mol. The summed E-state index contributed by atoms with van der Waals surface area (Å²) in [7, 11) is 0. The lowest BCUT2D eigenvalue weighted by atomic mass is 10.2. The summed E-state index contributed by atoms with van der Waals surface area (Å²) in [5, 5.41) is 0.947. The Morgan fingerprint density at radius 1 is 1.50 bits per heavy atom. The Morgan fingerprint density at radius 3 is 2.83 bits per heavy atom. The van der Waals surface area contributed by atoms with Gasteiger partial charge in [-0.25, -0.2) is 0 Å². The summed E-state index contributed by atoms with van der Waals surface area (Å²) in [6, 6.07) is 3.83. The molecule has 1 amide bonds. The van der Waals surface area contributed by atoms with Crippen LogP contribution >= 0.6 is 38.9 Å². The van der Waals surface area contributed by atoms with Crippen LogP contribution in [0.4, 0.5) is 0 Å². The molecule has 1 heterocycles. The van der Waals surface area contributed by atoms with Crippen LogP contribution in [-0.4, -0.2) is 22.7 Å². The molecule has 100 valence electrons. The summed E-state index contributed by atoms with van der Waals surface area (Å²) in [6.07, 6.45) is 4.30. The van der Waals surface area contributed by atoms with Crippen molar-refractivity contribution >= 4 is 44.8 Å². The van der Waals surface area contributed by atoms with E-state index < -0.39 is 0 Å². The maximum absolute atomic E-state index is 12.1. The van der Waals surface area contributed by atoms with Gasteiger partial charge in [0.15, 0.2) is 0 Å². The van der Waals surface area contributed by atoms with Gasteiger partial charge in [-0.2, -0.15) is 0 Å². The number of nitrogens with zero attached hydrogens (tertiary/aromatic N) is 1. The van der Waals surface area contributed by atoms with Crippen LogP contribution in [0.15, 0.2) is 24.8 Å². The Kier molecular flexibility index (Phi) is 7.63. The van der Waals surface area contributed by atoms with Crippen LogP contribution in [0, 0.1) is 0 Å². The molecule has 0 aromatic carbocycles. The summed E-state index contributed by atoms with van der Waals surface area (Å²) >= 11 is 10.8. The third-order valence-corrected chi connectivity index (χ3v) is 4.23. The highest BCUT2D eigenvalue weighted by Crippen LogP contribution is 2.23. The summed E-state index contributed by atoms with van der Waals surface area (Å²) in [5.74, 6) is 0.181. The maximum atomic E-state index is 12.1. The molecule has 0 unspecified atom stereocenters. The average Bonchev–Trinajstić information content (AvgIpc) is 2.74. The highest BCUT2D eigenvalue weighted by atomic mass is 79.9. The zero-order valence-corrected chi connectivity index (χ0v) is 13.4. The van der Waals surface area contributed by atoms with E-state index in [2.05, 4.69) is 22.5 Å². The van der Waals surface area contributed by atoms with Crippen molar-refractivity contribution in [3.63, 3.8) is 0 Å². The molecular weight excluding hydrogens is 334 g/mol. The topological polar surface area (TPSA) is 20.3 Å². The van der Waals surface area contributed by atoms with Crippen molar-refractivity contribution in [2.24, 2.45) is 0 Å². The van der Waals surface area contributed by atoms with Crippen molar-refractivity contribution in [1.29, 1.82) is 0 Å². The van der Waals surface area contributed by atoms with E-state index in [0.29, 0.717) is 19.5 Å². The molecule has 0 bridgehead atoms. The smallest absolute Gasteiger partial charge is 0.223 e. The first-order chi connectivity index (χ1) is 8.67. The lowest BCUT2D eigenvalue weighted by Crippen LogP contribution is -2.30. The number of rotatable bonds is 8. The molecule has 0 aliphatic rings. The van der Waals surface area contributed by atoms with Crippen molar-refractivity contribution in [2.45, 2.75) is 25.8 Å². The standard InChI is InChI=1S/C13H17BrClNOS/c1-2-9-16(13(17)5-3-4-8-14)10-11-6-7-12(15)18-11/h2,6-7H,1,3-5,8-10H2. The summed E-state index contributed by atoms with van der Waals surface area (Å²) in [4.78, 5) is 15.0. The fraction of sp³-hybridized carbons (Fsp3) is 0.462. The Labute approximate surface area is 126 Å². The monoisotopic (exact) mass is 349 g/mol. The lowest BCUT2D eigenvalue weighted by Gasteiger charge is -2.20. The van der Waals surface area contributed by atoms with E-state index >= 15 is 0 Å². The number of alkyl halides is 1. The van der Waals surface area contributed by atoms with Gasteiger partial charge in [-0.3, -0.25) is 4.79 Å². The van der Waals surface area contributed by atoms with Gasteiger partial charge in [-0.1, -0.05) is 33.6 Å². The molecular formula is C13H17BrClNOS. The third-order valence-electron chi connectivity index (χ3n) is 2.45. The Morgan fingerprint density at radius 2 is 2.28 bits per heavy atom. The van der Waals surface area contributed by atoms with Gasteiger partial charge in [-0.05, 0) is 25.0 Å². The number of thiophene rings is 1. The molecule has 0 aliphatic carbocycles. The van der Waals surface area contributed by atoms with Crippen molar-refractivity contribution in [3.8, 4) is 0 Å². The normalized spacial score (nSPS) is 10.3. The molecule has 0 spiro atoms. The van der Waals surface area contributed by atoms with Crippen LogP contribution < -0.4 is 0 Å². The van der Waals surface area contributed by atoms with Gasteiger partial charge in [0.05, 0.1) is 10.9 Å². The second-order valence-electron chi connectivity index (χ2n) is 3.91. The fourth-order valence-corrected chi connectivity index (χ4v) is 3.06. The molecule has 0 saturated heterocycles. The second-order valence-corrected chi connectivity index (χ2v) is 6.51. The Hall–Kier alpha value is -0.320. The van der Waals surface area contributed by atoms with Crippen LogP contribution in [-0.2, 0) is 11.3 Å². The van der Waals surface area contributed by atoms with Crippen LogP contribution in [0.1, 0.15) is 24.1 Å². The van der Waals surface area contributed by atoms with Crippen LogP contribution in [0.5, 0.6) is 0 Å². The minimum Gasteiger partial charge on any atom is -0.334 e. The number of carbonyl (C=O) groups is 1. The molecule has 0 N–H and O–H groups in total. The van der Waals surface area contributed by atoms with E-state index in [0.717, 1.165) is 27.4 Å². The number of amides is 1. The van der Waals surface area contributed by atoms with Crippen LogP contribution in [0.2, 0.25) is 4.34 Å². The first kappa shape index (κ1) is 15.7. The van der Waals surface area contributed by atoms with E-state index in [9.17, 15) is 4.79 Å². The lowest BCUT2D eigenvalue weighted by molar-refractivity contribution is -0.131. The zero-order valence-electron chi connectivity index (χ0n) is 10.2. The number of hydrogen-bond acceptors (Lipinski definition) is 2. The van der Waals surface area contributed by atoms with Crippen molar-refractivity contribution in [3.05, 3.63) is 34.0 Å². The maximum Gasteiger partial charge on any atom is 0.223 e. The molecule has 1 aromatic rings. The van der Waals surface area contributed by atoms with Gasteiger partial charge >= 0.3 is 0 Å². The largest absolute Gasteiger partial charge is 0.334 e. The fourth-order valence-electron chi connectivity index (χ4n) is 1.56. The van der Waals surface area contributed by atoms with E-state index in [-0.39, 0.29) is 5.91 Å². The highest BCUT2D eigenvalue weighted by molar-refractivity contribution is 9.09. The summed E-state index contributed by atoms with van der Waals surface area (Å²) < 4.78 is 0.760. The predicted molar refractivity (Wildman–Crippen MR) is 82.6 cm³/mol. The number of carbonyl (C=O) groups excluding carboxylic acids is 1. The SMILES string of the molecule is C=CCN(Cc1ccc(Cl)s1)C(=O)CCCCBr. The number of halogens is 2. The Balaban J connectivity index is 2.52. The molecule has 1 rings (SSSR count). The summed E-state index contributed by atoms with van der Waals surface area (Å²) in [5.41, 5.74) is 0. The first-order valence-corrected chi connectivity index (χ1v) is 8.17. The third kappa shape index (κ3) is 5.55.